The molecule has 0 heterocycles. The molecule has 0 unspecified atom stereocenters. The summed E-state index contributed by atoms with van der Waals surface area (Å²) < 4.78 is 57.4. The lowest BCUT2D eigenvalue weighted by atomic mass is 10.1. The second-order valence-electron chi connectivity index (χ2n) is 7.81. The maximum absolute atomic E-state index is 12.7. The molecule has 0 aliphatic rings. The average Bonchev–Trinajstić information content (AvgIpc) is 2.80. The van der Waals surface area contributed by atoms with Crippen LogP contribution in [0.1, 0.15) is 36.0 Å². The molecule has 8 heteroatoms. The Hall–Kier alpha value is -3.12. The van der Waals surface area contributed by atoms with Crippen molar-refractivity contribution < 1.29 is 21.0 Å². The fraction of sp³-hybridized carbons (Fsp3) is 0.231. The quantitative estimate of drug-likeness (QED) is 0.254. The highest BCUT2D eigenvalue weighted by Gasteiger charge is 2.15. The molecule has 3 rings (SSSR count). The summed E-state index contributed by atoms with van der Waals surface area (Å²) in [4.78, 5) is 0.323. The van der Waals surface area contributed by atoms with Crippen LogP contribution in [0.3, 0.4) is 0 Å². The molecule has 0 radical (unpaired) electrons. The van der Waals surface area contributed by atoms with Gasteiger partial charge in [0.1, 0.15) is 0 Å². The zero-order chi connectivity index (χ0) is 24.6. The van der Waals surface area contributed by atoms with Crippen molar-refractivity contribution in [3.63, 3.8) is 0 Å². The van der Waals surface area contributed by atoms with Crippen molar-refractivity contribution in [1.82, 2.24) is 0 Å². The number of rotatable bonds is 9. The molecule has 0 amide bonds. The lowest BCUT2D eigenvalue weighted by molar-refractivity contribution is 0.309. The molecule has 0 saturated carbocycles. The predicted octanol–water partition coefficient (Wildman–Crippen LogP) is 5.03. The van der Waals surface area contributed by atoms with Crippen LogP contribution in [-0.4, -0.2) is 23.4 Å². The van der Waals surface area contributed by atoms with Gasteiger partial charge in [0, 0.05) is 12.0 Å². The van der Waals surface area contributed by atoms with E-state index in [1.54, 1.807) is 60.7 Å². The Morgan fingerprint density at radius 2 is 1.35 bits per heavy atom. The van der Waals surface area contributed by atoms with Crippen molar-refractivity contribution >= 4 is 25.8 Å². The summed E-state index contributed by atoms with van der Waals surface area (Å²) in [7, 11) is -7.49. The minimum atomic E-state index is -3.76. The van der Waals surface area contributed by atoms with Crippen LogP contribution in [0.4, 0.5) is 5.69 Å². The number of unbranched alkanes of at least 4 members (excludes halogenated alkanes) is 2. The van der Waals surface area contributed by atoms with E-state index in [9.17, 15) is 16.8 Å². The average molecular weight is 498 g/mol. The van der Waals surface area contributed by atoms with Crippen molar-refractivity contribution in [3.8, 4) is 11.8 Å². The number of benzene rings is 3. The van der Waals surface area contributed by atoms with Gasteiger partial charge in [0.05, 0.1) is 22.1 Å². The minimum absolute atomic E-state index is 0.0742. The van der Waals surface area contributed by atoms with Gasteiger partial charge in [-0.15, -0.1) is 0 Å². The van der Waals surface area contributed by atoms with Crippen molar-refractivity contribution in [2.45, 2.75) is 42.9 Å². The minimum Gasteiger partial charge on any atom is -0.278 e. The number of hydrogen-bond donors (Lipinski definition) is 1. The standard InChI is InChI=1S/C26H27NO5S2/c1-21-12-16-24(17-13-21)33(28,29)27-26-11-7-6-10-23(26)9-5-3-4-8-20-32-34(30,31)25-18-14-22(2)15-19-25/h6-7,10-19,27H,3-4,8,20H2,1-2H3. The summed E-state index contributed by atoms with van der Waals surface area (Å²) in [5.41, 5.74) is 2.92. The molecule has 0 atom stereocenters. The normalized spacial score (nSPS) is 11.5. The number of aryl methyl sites for hydroxylation is 2. The number of anilines is 1. The maximum Gasteiger partial charge on any atom is 0.296 e. The SMILES string of the molecule is Cc1ccc(S(=O)(=O)Nc2ccccc2C#CCCCCOS(=O)(=O)c2ccc(C)cc2)cc1. The first-order valence-electron chi connectivity index (χ1n) is 10.8. The van der Waals surface area contributed by atoms with Gasteiger partial charge in [-0.05, 0) is 63.1 Å². The second kappa shape index (κ2) is 11.3. The van der Waals surface area contributed by atoms with Gasteiger partial charge in [-0.25, -0.2) is 8.42 Å². The van der Waals surface area contributed by atoms with Gasteiger partial charge in [0.25, 0.3) is 20.1 Å². The zero-order valence-electron chi connectivity index (χ0n) is 19.1. The smallest absolute Gasteiger partial charge is 0.278 e. The molecular formula is C26H27NO5S2. The topological polar surface area (TPSA) is 89.5 Å². The Morgan fingerprint density at radius 1 is 0.765 bits per heavy atom. The number of sulfonamides is 1. The molecule has 178 valence electrons. The van der Waals surface area contributed by atoms with E-state index in [1.807, 2.05) is 13.8 Å². The number of para-hydroxylation sites is 1. The van der Waals surface area contributed by atoms with Gasteiger partial charge in [0.2, 0.25) is 0 Å². The molecule has 0 fully saturated rings. The van der Waals surface area contributed by atoms with Crippen LogP contribution in [-0.2, 0) is 24.3 Å². The third kappa shape index (κ3) is 7.19. The largest absolute Gasteiger partial charge is 0.296 e. The molecule has 0 aliphatic heterocycles. The van der Waals surface area contributed by atoms with Crippen LogP contribution in [0.5, 0.6) is 0 Å². The van der Waals surface area contributed by atoms with Crippen molar-refractivity contribution in [2.75, 3.05) is 11.3 Å². The molecular weight excluding hydrogens is 470 g/mol. The van der Waals surface area contributed by atoms with Crippen molar-refractivity contribution in [1.29, 1.82) is 0 Å². The summed E-state index contributed by atoms with van der Waals surface area (Å²) >= 11 is 0. The van der Waals surface area contributed by atoms with Gasteiger partial charge in [-0.1, -0.05) is 59.4 Å². The van der Waals surface area contributed by atoms with Crippen LogP contribution in [0, 0.1) is 25.7 Å². The van der Waals surface area contributed by atoms with E-state index >= 15 is 0 Å². The Labute approximate surface area is 202 Å². The summed E-state index contributed by atoms with van der Waals surface area (Å²) in [6, 6.07) is 20.1. The third-order valence-corrected chi connectivity index (χ3v) is 7.68. The monoisotopic (exact) mass is 497 g/mol. The highest BCUT2D eigenvalue weighted by Crippen LogP contribution is 2.20. The van der Waals surface area contributed by atoms with Crippen LogP contribution in [0.25, 0.3) is 0 Å². The van der Waals surface area contributed by atoms with E-state index < -0.39 is 20.1 Å². The van der Waals surface area contributed by atoms with Gasteiger partial charge in [0.15, 0.2) is 0 Å². The highest BCUT2D eigenvalue weighted by molar-refractivity contribution is 7.92. The summed E-state index contributed by atoms with van der Waals surface area (Å²) in [6.07, 6.45) is 1.70. The number of hydrogen-bond acceptors (Lipinski definition) is 5. The van der Waals surface area contributed by atoms with Gasteiger partial charge < -0.3 is 0 Å². The Morgan fingerprint density at radius 3 is 2.00 bits per heavy atom. The Kier molecular flexibility index (Phi) is 8.51. The van der Waals surface area contributed by atoms with E-state index in [4.69, 9.17) is 4.18 Å². The molecule has 0 aliphatic carbocycles. The van der Waals surface area contributed by atoms with Crippen LogP contribution in [0.15, 0.2) is 82.6 Å². The summed E-state index contributed by atoms with van der Waals surface area (Å²) in [5.74, 6) is 6.02. The fourth-order valence-electron chi connectivity index (χ4n) is 3.02. The number of nitrogens with one attached hydrogen (secondary N) is 1. The second-order valence-corrected chi connectivity index (χ2v) is 11.1. The first-order valence-corrected chi connectivity index (χ1v) is 13.7. The fourth-order valence-corrected chi connectivity index (χ4v) is 5.04. The molecule has 3 aromatic carbocycles. The Bertz CT molecular complexity index is 1380. The van der Waals surface area contributed by atoms with Gasteiger partial charge in [-0.2, -0.15) is 8.42 Å². The molecule has 0 aromatic heterocycles. The van der Waals surface area contributed by atoms with Crippen LogP contribution < -0.4 is 4.72 Å². The third-order valence-electron chi connectivity index (χ3n) is 4.97. The maximum atomic E-state index is 12.7. The first kappa shape index (κ1) is 25.5. The van der Waals surface area contributed by atoms with E-state index in [1.165, 1.54) is 12.1 Å². The molecule has 1 N–H and O–H groups in total. The predicted molar refractivity (Wildman–Crippen MR) is 133 cm³/mol. The van der Waals surface area contributed by atoms with Gasteiger partial charge in [-0.3, -0.25) is 8.91 Å². The lowest BCUT2D eigenvalue weighted by Crippen LogP contribution is -2.13. The van der Waals surface area contributed by atoms with Crippen LogP contribution >= 0.6 is 0 Å². The van der Waals surface area contributed by atoms with Crippen LogP contribution in [0.2, 0.25) is 0 Å². The van der Waals surface area contributed by atoms with E-state index in [0.717, 1.165) is 11.1 Å². The molecule has 6 nitrogen and oxygen atoms in total. The summed E-state index contributed by atoms with van der Waals surface area (Å²) in [6.45, 7) is 3.85. The first-order chi connectivity index (χ1) is 16.2. The van der Waals surface area contributed by atoms with Crippen molar-refractivity contribution in [2.24, 2.45) is 0 Å². The van der Waals surface area contributed by atoms with E-state index in [0.29, 0.717) is 30.5 Å². The molecule has 3 aromatic rings. The molecule has 0 bridgehead atoms. The molecule has 0 saturated heterocycles. The summed E-state index contributed by atoms with van der Waals surface area (Å²) in [5, 5.41) is 0. The highest BCUT2D eigenvalue weighted by atomic mass is 32.2. The molecule has 34 heavy (non-hydrogen) atoms. The lowest BCUT2D eigenvalue weighted by Gasteiger charge is -2.10. The van der Waals surface area contributed by atoms with E-state index in [-0.39, 0.29) is 16.4 Å². The van der Waals surface area contributed by atoms with E-state index in [2.05, 4.69) is 16.6 Å². The Balaban J connectivity index is 1.53. The van der Waals surface area contributed by atoms with Crippen molar-refractivity contribution in [3.05, 3.63) is 89.5 Å². The zero-order valence-corrected chi connectivity index (χ0v) is 20.7. The van der Waals surface area contributed by atoms with Gasteiger partial charge >= 0.3 is 0 Å². The molecule has 0 spiro atoms.